The standard InChI is InChI=1S/C26H21N3O3S/c30-21-11-10-17-6-4-5-9-20(17)24(21)25(18-7-2-1-3-8-18)27-22(31)12-13-23-28-29-26(32-23)19-14-15-33-16-19/h1-11,14-16,25,30H,12-13H2,(H,27,31). The second kappa shape index (κ2) is 9.26. The first-order valence-corrected chi connectivity index (χ1v) is 11.5. The van der Waals surface area contributed by atoms with Crippen LogP contribution in [0.3, 0.4) is 0 Å². The fourth-order valence-electron chi connectivity index (χ4n) is 3.87. The number of aryl methyl sites for hydroxylation is 1. The molecule has 1 amide bonds. The van der Waals surface area contributed by atoms with Gasteiger partial charge in [-0.3, -0.25) is 4.79 Å². The molecular weight excluding hydrogens is 434 g/mol. The van der Waals surface area contributed by atoms with Crippen molar-refractivity contribution in [3.63, 3.8) is 0 Å². The van der Waals surface area contributed by atoms with E-state index in [1.54, 1.807) is 17.4 Å². The molecule has 2 aromatic heterocycles. The molecule has 0 bridgehead atoms. The molecule has 0 saturated carbocycles. The van der Waals surface area contributed by atoms with E-state index < -0.39 is 6.04 Å². The second-order valence-electron chi connectivity index (χ2n) is 7.64. The van der Waals surface area contributed by atoms with E-state index >= 15 is 0 Å². The van der Waals surface area contributed by atoms with Gasteiger partial charge in [-0.2, -0.15) is 11.3 Å². The number of carbonyl (C=O) groups is 1. The van der Waals surface area contributed by atoms with Crippen LogP contribution in [0.15, 0.2) is 88.0 Å². The van der Waals surface area contributed by atoms with Gasteiger partial charge >= 0.3 is 0 Å². The Bertz CT molecular complexity index is 1380. The Labute approximate surface area is 194 Å². The number of aromatic nitrogens is 2. The molecule has 0 spiro atoms. The first-order valence-electron chi connectivity index (χ1n) is 10.6. The highest BCUT2D eigenvalue weighted by molar-refractivity contribution is 7.08. The molecule has 0 aliphatic heterocycles. The van der Waals surface area contributed by atoms with E-state index in [1.807, 2.05) is 77.5 Å². The van der Waals surface area contributed by atoms with Gasteiger partial charge in [-0.25, -0.2) is 0 Å². The van der Waals surface area contributed by atoms with Gasteiger partial charge in [0.05, 0.1) is 6.04 Å². The number of hydrogen-bond donors (Lipinski definition) is 2. The third kappa shape index (κ3) is 4.49. The molecule has 1 atom stereocenters. The Kier molecular flexibility index (Phi) is 5.87. The third-order valence-electron chi connectivity index (χ3n) is 5.48. The van der Waals surface area contributed by atoms with Gasteiger partial charge in [-0.15, -0.1) is 10.2 Å². The van der Waals surface area contributed by atoms with Gasteiger partial charge in [-0.1, -0.05) is 60.7 Å². The number of rotatable bonds is 7. The van der Waals surface area contributed by atoms with Crippen LogP contribution in [0, 0.1) is 0 Å². The van der Waals surface area contributed by atoms with E-state index in [2.05, 4.69) is 15.5 Å². The minimum absolute atomic E-state index is 0.139. The molecule has 2 heterocycles. The van der Waals surface area contributed by atoms with Gasteiger partial charge in [0.1, 0.15) is 5.75 Å². The molecule has 164 valence electrons. The molecule has 0 saturated heterocycles. The Balaban J connectivity index is 1.39. The number of hydrogen-bond acceptors (Lipinski definition) is 6. The molecule has 7 heteroatoms. The van der Waals surface area contributed by atoms with Gasteiger partial charge in [0.2, 0.25) is 17.7 Å². The second-order valence-corrected chi connectivity index (χ2v) is 8.42. The van der Waals surface area contributed by atoms with Gasteiger partial charge in [0.25, 0.3) is 0 Å². The van der Waals surface area contributed by atoms with Crippen molar-refractivity contribution in [2.75, 3.05) is 0 Å². The summed E-state index contributed by atoms with van der Waals surface area (Å²) in [5.41, 5.74) is 2.43. The van der Waals surface area contributed by atoms with Gasteiger partial charge in [0, 0.05) is 29.3 Å². The fourth-order valence-corrected chi connectivity index (χ4v) is 4.50. The summed E-state index contributed by atoms with van der Waals surface area (Å²) in [7, 11) is 0. The first kappa shape index (κ1) is 20.9. The maximum atomic E-state index is 13.0. The van der Waals surface area contributed by atoms with Crippen molar-refractivity contribution in [2.24, 2.45) is 0 Å². The Morgan fingerprint density at radius 1 is 1.00 bits per heavy atom. The summed E-state index contributed by atoms with van der Waals surface area (Å²) in [5, 5.41) is 27.8. The first-order chi connectivity index (χ1) is 16.2. The van der Waals surface area contributed by atoms with Crippen LogP contribution in [-0.4, -0.2) is 21.2 Å². The molecule has 5 aromatic rings. The number of phenolic OH excluding ortho intramolecular Hbond substituents is 1. The zero-order valence-electron chi connectivity index (χ0n) is 17.6. The number of benzene rings is 3. The Morgan fingerprint density at radius 2 is 1.82 bits per heavy atom. The van der Waals surface area contributed by atoms with Crippen LogP contribution in [0.4, 0.5) is 0 Å². The lowest BCUT2D eigenvalue weighted by molar-refractivity contribution is -0.121. The summed E-state index contributed by atoms with van der Waals surface area (Å²) in [4.78, 5) is 13.0. The molecule has 0 aliphatic rings. The zero-order chi connectivity index (χ0) is 22.6. The average molecular weight is 456 g/mol. The highest BCUT2D eigenvalue weighted by Crippen LogP contribution is 2.36. The molecule has 1 unspecified atom stereocenters. The molecule has 33 heavy (non-hydrogen) atoms. The van der Waals surface area contributed by atoms with E-state index in [0.717, 1.165) is 21.9 Å². The van der Waals surface area contributed by atoms with Crippen molar-refractivity contribution in [1.29, 1.82) is 0 Å². The summed E-state index contributed by atoms with van der Waals surface area (Å²) in [6, 6.07) is 22.4. The highest BCUT2D eigenvalue weighted by Gasteiger charge is 2.23. The normalized spacial score (nSPS) is 12.0. The molecular formula is C26H21N3O3S. The molecule has 5 rings (SSSR count). The maximum absolute atomic E-state index is 13.0. The number of nitrogens with one attached hydrogen (secondary N) is 1. The number of aromatic hydroxyl groups is 1. The summed E-state index contributed by atoms with van der Waals surface area (Å²) in [5.74, 6) is 0.830. The van der Waals surface area contributed by atoms with Crippen LogP contribution in [0.1, 0.15) is 29.5 Å². The van der Waals surface area contributed by atoms with Gasteiger partial charge in [0.15, 0.2) is 0 Å². The summed E-state index contributed by atoms with van der Waals surface area (Å²) in [6.07, 6.45) is 0.506. The lowest BCUT2D eigenvalue weighted by Crippen LogP contribution is -2.29. The molecule has 0 fully saturated rings. The molecule has 0 aliphatic carbocycles. The number of fused-ring (bicyclic) bond motifs is 1. The van der Waals surface area contributed by atoms with Crippen molar-refractivity contribution < 1.29 is 14.3 Å². The minimum atomic E-state index is -0.506. The van der Waals surface area contributed by atoms with Crippen LogP contribution in [0.25, 0.3) is 22.2 Å². The van der Waals surface area contributed by atoms with Crippen LogP contribution in [0.2, 0.25) is 0 Å². The number of amides is 1. The van der Waals surface area contributed by atoms with E-state index in [4.69, 9.17) is 4.42 Å². The van der Waals surface area contributed by atoms with Crippen LogP contribution in [-0.2, 0) is 11.2 Å². The number of phenols is 1. The highest BCUT2D eigenvalue weighted by atomic mass is 32.1. The summed E-state index contributed by atoms with van der Waals surface area (Å²) < 4.78 is 5.69. The van der Waals surface area contributed by atoms with E-state index in [-0.39, 0.29) is 18.1 Å². The Morgan fingerprint density at radius 3 is 2.64 bits per heavy atom. The van der Waals surface area contributed by atoms with Gasteiger partial charge < -0.3 is 14.8 Å². The predicted octanol–water partition coefficient (Wildman–Crippen LogP) is 5.50. The monoisotopic (exact) mass is 455 g/mol. The summed E-state index contributed by atoms with van der Waals surface area (Å²) in [6.45, 7) is 0. The fraction of sp³-hybridized carbons (Fsp3) is 0.115. The number of carbonyl (C=O) groups excluding carboxylic acids is 1. The van der Waals surface area contributed by atoms with E-state index in [1.165, 1.54) is 0 Å². The average Bonchev–Trinajstić information content (AvgIpc) is 3.54. The largest absolute Gasteiger partial charge is 0.508 e. The van der Waals surface area contributed by atoms with Crippen molar-refractivity contribution in [3.8, 4) is 17.2 Å². The van der Waals surface area contributed by atoms with Crippen molar-refractivity contribution >= 4 is 28.0 Å². The van der Waals surface area contributed by atoms with Crippen LogP contribution in [0.5, 0.6) is 5.75 Å². The third-order valence-corrected chi connectivity index (χ3v) is 6.16. The Hall–Kier alpha value is -3.97. The van der Waals surface area contributed by atoms with Gasteiger partial charge in [-0.05, 0) is 33.8 Å². The molecule has 3 aromatic carbocycles. The van der Waals surface area contributed by atoms with E-state index in [0.29, 0.717) is 23.8 Å². The predicted molar refractivity (Wildman–Crippen MR) is 128 cm³/mol. The lowest BCUT2D eigenvalue weighted by Gasteiger charge is -2.22. The molecule has 6 nitrogen and oxygen atoms in total. The van der Waals surface area contributed by atoms with Crippen LogP contribution >= 0.6 is 11.3 Å². The SMILES string of the molecule is O=C(CCc1nnc(-c2ccsc2)o1)NC(c1ccccc1)c1c(O)ccc2ccccc12. The number of thiophene rings is 1. The quantitative estimate of drug-likeness (QED) is 0.339. The topological polar surface area (TPSA) is 88.2 Å². The van der Waals surface area contributed by atoms with Crippen molar-refractivity contribution in [3.05, 3.63) is 101 Å². The molecule has 0 radical (unpaired) electrons. The minimum Gasteiger partial charge on any atom is -0.508 e. The lowest BCUT2D eigenvalue weighted by atomic mass is 9.92. The summed E-state index contributed by atoms with van der Waals surface area (Å²) >= 11 is 1.55. The smallest absolute Gasteiger partial charge is 0.248 e. The maximum Gasteiger partial charge on any atom is 0.248 e. The van der Waals surface area contributed by atoms with Crippen molar-refractivity contribution in [2.45, 2.75) is 18.9 Å². The van der Waals surface area contributed by atoms with Crippen LogP contribution < -0.4 is 5.32 Å². The zero-order valence-corrected chi connectivity index (χ0v) is 18.5. The number of nitrogens with zero attached hydrogens (tertiary/aromatic N) is 2. The van der Waals surface area contributed by atoms with E-state index in [9.17, 15) is 9.90 Å². The molecule has 2 N–H and O–H groups in total. The van der Waals surface area contributed by atoms with Crippen molar-refractivity contribution in [1.82, 2.24) is 15.5 Å².